The van der Waals surface area contributed by atoms with Gasteiger partial charge in [-0.25, -0.2) is 9.97 Å². The number of rotatable bonds is 9. The molecule has 3 atom stereocenters. The van der Waals surface area contributed by atoms with Crippen molar-refractivity contribution in [3.63, 3.8) is 0 Å². The average Bonchev–Trinajstić information content (AvgIpc) is 3.47. The molecule has 4 rings (SSSR count). The van der Waals surface area contributed by atoms with E-state index in [1.165, 1.54) is 40.1 Å². The number of aromatic nitrogens is 3. The minimum atomic E-state index is -3.27. The van der Waals surface area contributed by atoms with Gasteiger partial charge in [0.2, 0.25) is 5.91 Å². The van der Waals surface area contributed by atoms with Gasteiger partial charge in [-0.3, -0.25) is 14.4 Å². The minimum absolute atomic E-state index is 0.0466. The molecule has 182 valence electrons. The highest BCUT2D eigenvalue weighted by molar-refractivity contribution is 8.01. The number of nitrogens with two attached hydrogens (primary N) is 1. The van der Waals surface area contributed by atoms with Crippen LogP contribution in [-0.2, 0) is 19.2 Å². The maximum atomic E-state index is 12.8. The number of fused-ring (bicyclic) bond motifs is 1. The van der Waals surface area contributed by atoms with Crippen LogP contribution < -0.4 is 11.1 Å². The van der Waals surface area contributed by atoms with Gasteiger partial charge in [0.05, 0.1) is 0 Å². The number of alkyl halides is 2. The van der Waals surface area contributed by atoms with Gasteiger partial charge in [-0.2, -0.15) is 13.2 Å². The molecule has 0 spiro atoms. The number of carbonyl (C=O) groups is 3. The Bertz CT molecular complexity index is 1120. The number of hydrogen-bond donors (Lipinski definition) is 3. The van der Waals surface area contributed by atoms with Crippen molar-refractivity contribution in [3.8, 4) is 0 Å². The zero-order chi connectivity index (χ0) is 24.5. The summed E-state index contributed by atoms with van der Waals surface area (Å²) in [6, 6.07) is -0.993. The van der Waals surface area contributed by atoms with E-state index in [1.54, 1.807) is 0 Å². The van der Waals surface area contributed by atoms with Crippen LogP contribution in [0.25, 0.3) is 0 Å². The number of aliphatic carboxylic acids is 1. The van der Waals surface area contributed by atoms with Crippen LogP contribution in [0.2, 0.25) is 0 Å². The Kier molecular flexibility index (Phi) is 7.20. The maximum absolute atomic E-state index is 12.8. The van der Waals surface area contributed by atoms with E-state index in [0.29, 0.717) is 4.34 Å². The second kappa shape index (κ2) is 9.96. The summed E-state index contributed by atoms with van der Waals surface area (Å²) >= 11 is 4.57. The van der Waals surface area contributed by atoms with Crippen LogP contribution >= 0.6 is 46.4 Å². The largest absolute Gasteiger partial charge is 0.481 e. The van der Waals surface area contributed by atoms with E-state index >= 15 is 0 Å². The molecule has 0 aliphatic carbocycles. The SMILES string of the molecule is Nc1nc(C(=NOC(F)F)C(=O)NC2C(=O)N3CC(CSc4ncns4)(C(=O)O)CS[C@H]23)cs1. The quantitative estimate of drug-likeness (QED) is 0.174. The first-order valence-electron chi connectivity index (χ1n) is 9.29. The third kappa shape index (κ3) is 4.93. The van der Waals surface area contributed by atoms with Gasteiger partial charge < -0.3 is 25.9 Å². The summed E-state index contributed by atoms with van der Waals surface area (Å²) in [6.45, 7) is -3.31. The fraction of sp³-hybridized carbons (Fsp3) is 0.438. The summed E-state index contributed by atoms with van der Waals surface area (Å²) in [5.41, 5.74) is 3.68. The molecular formula is C16H15F2N7O5S4. The van der Waals surface area contributed by atoms with Crippen LogP contribution in [0.5, 0.6) is 0 Å². The standard InChI is InChI=1S/C16H15F2N7O5S4/c17-13(18)30-24-7(6-1-31-14(19)22-6)9(26)23-8-10(27)25-2-16(12(28)29,3-32-11(8)25)4-33-15-20-5-21-34-15/h1,5,8,11,13H,2-4H2,(H2,19,22)(H,23,26)(H,28,29)/t8?,11-,16?/m1/s1. The monoisotopic (exact) mass is 551 g/mol. The van der Waals surface area contributed by atoms with Gasteiger partial charge in [-0.1, -0.05) is 16.9 Å². The number of nitrogens with one attached hydrogen (secondary N) is 1. The van der Waals surface area contributed by atoms with Crippen molar-refractivity contribution in [2.45, 2.75) is 22.4 Å². The molecular weight excluding hydrogens is 536 g/mol. The molecule has 18 heteroatoms. The van der Waals surface area contributed by atoms with Crippen LogP contribution in [-0.4, -0.2) is 83.9 Å². The lowest BCUT2D eigenvalue weighted by Gasteiger charge is -2.53. The van der Waals surface area contributed by atoms with Gasteiger partial charge in [0.15, 0.2) is 15.2 Å². The molecule has 0 bridgehead atoms. The lowest BCUT2D eigenvalue weighted by Crippen LogP contribution is -2.74. The number of nitrogen functional groups attached to an aromatic ring is 1. The fourth-order valence-corrected chi connectivity index (χ4v) is 7.09. The molecule has 12 nitrogen and oxygen atoms in total. The normalized spacial score (nSPS) is 24.5. The zero-order valence-corrected chi connectivity index (χ0v) is 20.1. The van der Waals surface area contributed by atoms with Crippen molar-refractivity contribution in [2.75, 3.05) is 23.8 Å². The number of anilines is 1. The van der Waals surface area contributed by atoms with Gasteiger partial charge >= 0.3 is 12.6 Å². The molecule has 2 amide bonds. The van der Waals surface area contributed by atoms with Crippen molar-refractivity contribution in [3.05, 3.63) is 17.4 Å². The first kappa shape index (κ1) is 24.6. The number of carbonyl (C=O) groups excluding carboxylic acids is 2. The van der Waals surface area contributed by atoms with Crippen molar-refractivity contribution in [1.82, 2.24) is 24.6 Å². The molecule has 2 saturated heterocycles. The molecule has 4 N–H and O–H groups in total. The predicted octanol–water partition coefficient (Wildman–Crippen LogP) is 0.783. The van der Waals surface area contributed by atoms with E-state index in [-0.39, 0.29) is 28.9 Å². The van der Waals surface area contributed by atoms with Gasteiger partial charge in [-0.15, -0.1) is 23.1 Å². The highest BCUT2D eigenvalue weighted by Crippen LogP contribution is 2.44. The number of thioether (sulfide) groups is 2. The van der Waals surface area contributed by atoms with Gasteiger partial charge in [0.25, 0.3) is 5.91 Å². The van der Waals surface area contributed by atoms with Crippen LogP contribution in [0.4, 0.5) is 13.9 Å². The number of oxime groups is 1. The number of thiazole rings is 1. The highest BCUT2D eigenvalue weighted by Gasteiger charge is 2.57. The third-order valence-electron chi connectivity index (χ3n) is 4.90. The second-order valence-electron chi connectivity index (χ2n) is 7.08. The Balaban J connectivity index is 1.43. The van der Waals surface area contributed by atoms with Gasteiger partial charge in [-0.05, 0) is 11.5 Å². The van der Waals surface area contributed by atoms with E-state index in [4.69, 9.17) is 5.73 Å². The fourth-order valence-electron chi connectivity index (χ4n) is 3.24. The van der Waals surface area contributed by atoms with Crippen LogP contribution in [0, 0.1) is 5.41 Å². The van der Waals surface area contributed by atoms with Crippen molar-refractivity contribution in [1.29, 1.82) is 0 Å². The summed E-state index contributed by atoms with van der Waals surface area (Å²) in [7, 11) is 0. The molecule has 0 radical (unpaired) electrons. The van der Waals surface area contributed by atoms with Crippen molar-refractivity contribution < 1.29 is 33.1 Å². The lowest BCUT2D eigenvalue weighted by atomic mass is 9.89. The molecule has 4 heterocycles. The maximum Gasteiger partial charge on any atom is 0.407 e. The van der Waals surface area contributed by atoms with Crippen LogP contribution in [0.1, 0.15) is 5.69 Å². The Morgan fingerprint density at radius 2 is 2.29 bits per heavy atom. The Morgan fingerprint density at radius 1 is 1.50 bits per heavy atom. The van der Waals surface area contributed by atoms with Crippen molar-refractivity contribution in [2.24, 2.45) is 10.6 Å². The average molecular weight is 552 g/mol. The number of nitrogens with zero attached hydrogens (tertiary/aromatic N) is 5. The molecule has 34 heavy (non-hydrogen) atoms. The summed E-state index contributed by atoms with van der Waals surface area (Å²) in [4.78, 5) is 50.7. The van der Waals surface area contributed by atoms with E-state index in [9.17, 15) is 28.3 Å². The molecule has 2 unspecified atom stereocenters. The minimum Gasteiger partial charge on any atom is -0.481 e. The summed E-state index contributed by atoms with van der Waals surface area (Å²) < 4.78 is 29.4. The number of β-lactam (4-membered cyclic amide) rings is 1. The Labute approximate surface area is 206 Å². The number of carboxylic acids is 1. The third-order valence-corrected chi connectivity index (χ3v) is 9.25. The van der Waals surface area contributed by atoms with E-state index in [1.807, 2.05) is 0 Å². The van der Waals surface area contributed by atoms with Crippen LogP contribution in [0.3, 0.4) is 0 Å². The molecule has 0 aromatic carbocycles. The van der Waals surface area contributed by atoms with E-state index < -0.39 is 46.9 Å². The van der Waals surface area contributed by atoms with E-state index in [0.717, 1.165) is 22.9 Å². The molecule has 2 aliphatic heterocycles. The summed E-state index contributed by atoms with van der Waals surface area (Å²) in [6.07, 6.45) is 1.38. The molecule has 0 saturated carbocycles. The topological polar surface area (TPSA) is 173 Å². The number of hydrogen-bond acceptors (Lipinski definition) is 13. The van der Waals surface area contributed by atoms with Crippen LogP contribution in [0.15, 0.2) is 21.2 Å². The first-order chi connectivity index (χ1) is 16.2. The number of carboxylic acid groups (broad SMARTS) is 1. The number of amides is 2. The smallest absolute Gasteiger partial charge is 0.407 e. The number of halogens is 2. The first-order valence-corrected chi connectivity index (χ1v) is 13.0. The van der Waals surface area contributed by atoms with Crippen molar-refractivity contribution >= 4 is 75.0 Å². The predicted molar refractivity (Wildman–Crippen MR) is 121 cm³/mol. The highest BCUT2D eigenvalue weighted by atomic mass is 32.2. The molecule has 2 aromatic rings. The zero-order valence-electron chi connectivity index (χ0n) is 16.8. The Hall–Kier alpha value is -2.57. The second-order valence-corrected chi connectivity index (χ2v) is 11.1. The Morgan fingerprint density at radius 3 is 2.91 bits per heavy atom. The summed E-state index contributed by atoms with van der Waals surface area (Å²) in [5, 5.41) is 16.4. The van der Waals surface area contributed by atoms with Gasteiger partial charge in [0, 0.05) is 23.4 Å². The lowest BCUT2D eigenvalue weighted by molar-refractivity contribution is -0.157. The van der Waals surface area contributed by atoms with E-state index in [2.05, 4.69) is 29.7 Å². The molecule has 2 aliphatic rings. The van der Waals surface area contributed by atoms with Gasteiger partial charge in [0.1, 0.15) is 28.9 Å². The molecule has 2 aromatic heterocycles. The molecule has 2 fully saturated rings. The summed E-state index contributed by atoms with van der Waals surface area (Å²) in [5.74, 6) is -2.12.